The summed E-state index contributed by atoms with van der Waals surface area (Å²) in [6.07, 6.45) is 1.29. The Kier molecular flexibility index (Phi) is 7.96. The molecule has 2 aliphatic heterocycles. The molecule has 0 saturated carbocycles. The van der Waals surface area contributed by atoms with Crippen LogP contribution in [-0.2, 0) is 9.59 Å². The first-order valence-corrected chi connectivity index (χ1v) is 11.1. The third-order valence-electron chi connectivity index (χ3n) is 5.57. The van der Waals surface area contributed by atoms with Gasteiger partial charge >= 0.3 is 12.1 Å². The standard InChI is InChI=1S/C22H32N6O5/c1-14(2)24-22(32)28-11-10-27(21(31)25-15-6-4-7-16(12-15)33-3)13-18(28)20(30)26-17-8-5-9-23-19(17)29/h4,6-7,12,14,17-18H,5,8-11,13H2,1-3H3,(H,23,29)(H,24,32)(H,25,31)(H,26,30)/t17-,18+/m1/s1. The molecule has 4 N–H and O–H groups in total. The number of carbonyl (C=O) groups excluding carboxylic acids is 4. The van der Waals surface area contributed by atoms with E-state index in [9.17, 15) is 19.2 Å². The second kappa shape index (κ2) is 10.9. The summed E-state index contributed by atoms with van der Waals surface area (Å²) in [6.45, 7) is 4.68. The molecule has 1 aromatic rings. The van der Waals surface area contributed by atoms with Gasteiger partial charge in [0, 0.05) is 37.4 Å². The quantitative estimate of drug-likeness (QED) is 0.514. The lowest BCUT2D eigenvalue weighted by Gasteiger charge is -2.41. The number of hydrogen-bond acceptors (Lipinski definition) is 5. The zero-order valence-corrected chi connectivity index (χ0v) is 19.2. The van der Waals surface area contributed by atoms with Crippen molar-refractivity contribution in [3.8, 4) is 5.75 Å². The van der Waals surface area contributed by atoms with Gasteiger partial charge in [-0.3, -0.25) is 9.59 Å². The highest BCUT2D eigenvalue weighted by Crippen LogP contribution is 2.19. The van der Waals surface area contributed by atoms with Gasteiger partial charge in [0.15, 0.2) is 0 Å². The predicted octanol–water partition coefficient (Wildman–Crippen LogP) is 0.726. The van der Waals surface area contributed by atoms with Crippen LogP contribution in [0.5, 0.6) is 5.75 Å². The van der Waals surface area contributed by atoms with Crippen LogP contribution >= 0.6 is 0 Å². The highest BCUT2D eigenvalue weighted by Gasteiger charge is 2.38. The third-order valence-corrected chi connectivity index (χ3v) is 5.57. The molecule has 0 bridgehead atoms. The average Bonchev–Trinajstić information content (AvgIpc) is 2.79. The zero-order chi connectivity index (χ0) is 24.0. The molecule has 6 amide bonds. The summed E-state index contributed by atoms with van der Waals surface area (Å²) in [5.74, 6) is -0.1000. The molecule has 11 heteroatoms. The first-order chi connectivity index (χ1) is 15.8. The van der Waals surface area contributed by atoms with Crippen molar-refractivity contribution in [3.05, 3.63) is 24.3 Å². The molecule has 0 aliphatic carbocycles. The number of nitrogens with zero attached hydrogens (tertiary/aromatic N) is 2. The molecular formula is C22H32N6O5. The maximum absolute atomic E-state index is 13.1. The molecule has 1 aromatic carbocycles. The van der Waals surface area contributed by atoms with Gasteiger partial charge in [0.1, 0.15) is 17.8 Å². The Balaban J connectivity index is 1.72. The smallest absolute Gasteiger partial charge is 0.321 e. The van der Waals surface area contributed by atoms with Crippen LogP contribution in [0.3, 0.4) is 0 Å². The summed E-state index contributed by atoms with van der Waals surface area (Å²) in [4.78, 5) is 53.8. The van der Waals surface area contributed by atoms with E-state index in [1.807, 2.05) is 13.8 Å². The largest absolute Gasteiger partial charge is 0.497 e. The number of amides is 6. The van der Waals surface area contributed by atoms with Gasteiger partial charge in [0.25, 0.3) is 0 Å². The minimum absolute atomic E-state index is 0.00148. The molecule has 0 spiro atoms. The van der Waals surface area contributed by atoms with E-state index in [0.717, 1.165) is 6.42 Å². The molecular weight excluding hydrogens is 428 g/mol. The Morgan fingerprint density at radius 2 is 1.97 bits per heavy atom. The van der Waals surface area contributed by atoms with Gasteiger partial charge in [-0.2, -0.15) is 0 Å². The minimum Gasteiger partial charge on any atom is -0.497 e. The summed E-state index contributed by atoms with van der Waals surface area (Å²) < 4.78 is 5.18. The van der Waals surface area contributed by atoms with Crippen molar-refractivity contribution in [2.75, 3.05) is 38.6 Å². The van der Waals surface area contributed by atoms with Crippen molar-refractivity contribution in [1.29, 1.82) is 0 Å². The number of benzene rings is 1. The number of rotatable bonds is 5. The first-order valence-electron chi connectivity index (χ1n) is 11.1. The van der Waals surface area contributed by atoms with E-state index in [4.69, 9.17) is 4.74 Å². The van der Waals surface area contributed by atoms with E-state index in [2.05, 4.69) is 21.3 Å². The number of urea groups is 2. The van der Waals surface area contributed by atoms with E-state index >= 15 is 0 Å². The van der Waals surface area contributed by atoms with Gasteiger partial charge in [0.2, 0.25) is 11.8 Å². The second-order valence-electron chi connectivity index (χ2n) is 8.42. The van der Waals surface area contributed by atoms with E-state index < -0.39 is 18.0 Å². The molecule has 2 fully saturated rings. The van der Waals surface area contributed by atoms with Crippen LogP contribution in [0.25, 0.3) is 0 Å². The maximum Gasteiger partial charge on any atom is 0.321 e. The Morgan fingerprint density at radius 1 is 1.18 bits per heavy atom. The van der Waals surface area contributed by atoms with Gasteiger partial charge in [-0.15, -0.1) is 0 Å². The molecule has 2 atom stereocenters. The zero-order valence-electron chi connectivity index (χ0n) is 19.2. The summed E-state index contributed by atoms with van der Waals surface area (Å²) in [5, 5.41) is 11.1. The Hall–Kier alpha value is -3.50. The number of anilines is 1. The maximum atomic E-state index is 13.1. The Bertz CT molecular complexity index is 892. The molecule has 2 heterocycles. The molecule has 33 heavy (non-hydrogen) atoms. The summed E-state index contributed by atoms with van der Waals surface area (Å²) >= 11 is 0. The first kappa shape index (κ1) is 24.1. The van der Waals surface area contributed by atoms with Crippen molar-refractivity contribution in [1.82, 2.24) is 25.8 Å². The van der Waals surface area contributed by atoms with Gasteiger partial charge < -0.3 is 35.8 Å². The fraction of sp³-hybridized carbons (Fsp3) is 0.545. The molecule has 3 rings (SSSR count). The molecule has 0 unspecified atom stereocenters. The molecule has 11 nitrogen and oxygen atoms in total. The van der Waals surface area contributed by atoms with Crippen molar-refractivity contribution < 1.29 is 23.9 Å². The summed E-state index contributed by atoms with van der Waals surface area (Å²) in [7, 11) is 1.54. The average molecular weight is 461 g/mol. The van der Waals surface area contributed by atoms with Gasteiger partial charge in [0.05, 0.1) is 13.7 Å². The van der Waals surface area contributed by atoms with Gasteiger partial charge in [-0.05, 0) is 38.8 Å². The third kappa shape index (κ3) is 6.27. The number of piperidine rings is 1. The van der Waals surface area contributed by atoms with Crippen LogP contribution in [-0.4, -0.2) is 85.1 Å². The topological polar surface area (TPSA) is 132 Å². The molecule has 180 valence electrons. The summed E-state index contributed by atoms with van der Waals surface area (Å²) in [5.41, 5.74) is 0.555. The number of hydrogen-bond donors (Lipinski definition) is 4. The second-order valence-corrected chi connectivity index (χ2v) is 8.42. The highest BCUT2D eigenvalue weighted by molar-refractivity contribution is 5.94. The predicted molar refractivity (Wildman–Crippen MR) is 122 cm³/mol. The number of methoxy groups -OCH3 is 1. The lowest BCUT2D eigenvalue weighted by molar-refractivity contribution is -0.133. The van der Waals surface area contributed by atoms with E-state index in [1.165, 1.54) is 16.9 Å². The van der Waals surface area contributed by atoms with Gasteiger partial charge in [-0.1, -0.05) is 6.07 Å². The van der Waals surface area contributed by atoms with Crippen molar-refractivity contribution >= 4 is 29.6 Å². The van der Waals surface area contributed by atoms with Crippen LogP contribution < -0.4 is 26.0 Å². The van der Waals surface area contributed by atoms with Crippen LogP contribution in [0.2, 0.25) is 0 Å². The van der Waals surface area contributed by atoms with E-state index in [-0.39, 0.29) is 43.6 Å². The van der Waals surface area contributed by atoms with Gasteiger partial charge in [-0.25, -0.2) is 9.59 Å². The van der Waals surface area contributed by atoms with Crippen molar-refractivity contribution in [2.24, 2.45) is 0 Å². The number of carbonyl (C=O) groups is 4. The molecule has 2 aliphatic rings. The van der Waals surface area contributed by atoms with Crippen LogP contribution in [0.1, 0.15) is 26.7 Å². The van der Waals surface area contributed by atoms with E-state index in [0.29, 0.717) is 24.4 Å². The molecule has 0 aromatic heterocycles. The Labute approximate surface area is 193 Å². The fourth-order valence-corrected chi connectivity index (χ4v) is 3.85. The van der Waals surface area contributed by atoms with Crippen molar-refractivity contribution in [3.63, 3.8) is 0 Å². The van der Waals surface area contributed by atoms with E-state index in [1.54, 1.807) is 24.3 Å². The van der Waals surface area contributed by atoms with Crippen LogP contribution in [0.4, 0.5) is 15.3 Å². The number of ether oxygens (including phenoxy) is 1. The molecule has 0 radical (unpaired) electrons. The normalized spacial score (nSPS) is 20.7. The van der Waals surface area contributed by atoms with Crippen LogP contribution in [0.15, 0.2) is 24.3 Å². The van der Waals surface area contributed by atoms with Crippen molar-refractivity contribution in [2.45, 2.75) is 44.8 Å². The number of piperazine rings is 1. The highest BCUT2D eigenvalue weighted by atomic mass is 16.5. The minimum atomic E-state index is -0.928. The van der Waals surface area contributed by atoms with Crippen LogP contribution in [0, 0.1) is 0 Å². The monoisotopic (exact) mass is 460 g/mol. The Morgan fingerprint density at radius 3 is 2.67 bits per heavy atom. The molecule has 2 saturated heterocycles. The lowest BCUT2D eigenvalue weighted by Crippen LogP contribution is -2.65. The lowest BCUT2D eigenvalue weighted by atomic mass is 10.1. The number of nitrogens with one attached hydrogen (secondary N) is 4. The summed E-state index contributed by atoms with van der Waals surface area (Å²) in [6, 6.07) is 4.49. The SMILES string of the molecule is COc1cccc(NC(=O)N2CCN(C(=O)NC(C)C)[C@H](C(=O)N[C@@H]3CCCNC3=O)C2)c1. The fourth-order valence-electron chi connectivity index (χ4n) is 3.85.